The standard InChI is InChI=1S/C18H33N/c1-7-8-9-10-15-13-18(5,6)12-11-16(15)14-19-17(2,3)4/h1,15-16,19H,8-14H2,2-6H3. The molecular formula is C18H33N. The number of rotatable bonds is 5. The normalized spacial score (nSPS) is 26.9. The van der Waals surface area contributed by atoms with Gasteiger partial charge in [0.2, 0.25) is 0 Å². The maximum Gasteiger partial charge on any atom is 0.00966 e. The second kappa shape index (κ2) is 6.80. The largest absolute Gasteiger partial charge is 0.312 e. The number of unbranched alkanes of at least 4 members (excludes halogenated alkanes) is 1. The van der Waals surface area contributed by atoms with Gasteiger partial charge < -0.3 is 5.32 Å². The summed E-state index contributed by atoms with van der Waals surface area (Å²) in [6.07, 6.45) is 12.9. The molecule has 1 aliphatic rings. The fraction of sp³-hybridized carbons (Fsp3) is 0.889. The van der Waals surface area contributed by atoms with E-state index in [0.29, 0.717) is 5.41 Å². The van der Waals surface area contributed by atoms with Crippen LogP contribution < -0.4 is 5.32 Å². The Bertz CT molecular complexity index is 303. The van der Waals surface area contributed by atoms with Crippen molar-refractivity contribution >= 4 is 0 Å². The summed E-state index contributed by atoms with van der Waals surface area (Å²) in [7, 11) is 0. The topological polar surface area (TPSA) is 12.0 Å². The predicted molar refractivity (Wildman–Crippen MR) is 85.1 cm³/mol. The highest BCUT2D eigenvalue weighted by Crippen LogP contribution is 2.43. The van der Waals surface area contributed by atoms with E-state index < -0.39 is 0 Å². The molecule has 1 N–H and O–H groups in total. The molecule has 0 aromatic rings. The molecule has 19 heavy (non-hydrogen) atoms. The Hall–Kier alpha value is -0.480. The highest BCUT2D eigenvalue weighted by molar-refractivity contribution is 4.89. The molecule has 1 heteroatoms. The summed E-state index contributed by atoms with van der Waals surface area (Å²) < 4.78 is 0. The van der Waals surface area contributed by atoms with E-state index in [4.69, 9.17) is 6.42 Å². The summed E-state index contributed by atoms with van der Waals surface area (Å²) in [4.78, 5) is 0. The van der Waals surface area contributed by atoms with Crippen LogP contribution in [0.25, 0.3) is 0 Å². The molecular weight excluding hydrogens is 230 g/mol. The van der Waals surface area contributed by atoms with E-state index in [9.17, 15) is 0 Å². The summed E-state index contributed by atoms with van der Waals surface area (Å²) >= 11 is 0. The molecule has 0 spiro atoms. The lowest BCUT2D eigenvalue weighted by molar-refractivity contribution is 0.104. The fourth-order valence-electron chi connectivity index (χ4n) is 3.30. The van der Waals surface area contributed by atoms with Gasteiger partial charge in [0.1, 0.15) is 0 Å². The van der Waals surface area contributed by atoms with Gasteiger partial charge in [-0.1, -0.05) is 13.8 Å². The molecule has 0 radical (unpaired) electrons. The van der Waals surface area contributed by atoms with E-state index in [1.807, 2.05) is 0 Å². The first-order valence-corrected chi connectivity index (χ1v) is 7.92. The van der Waals surface area contributed by atoms with E-state index in [2.05, 4.69) is 45.9 Å². The minimum absolute atomic E-state index is 0.232. The summed E-state index contributed by atoms with van der Waals surface area (Å²) in [5, 5.41) is 3.70. The summed E-state index contributed by atoms with van der Waals surface area (Å²) in [6.45, 7) is 12.8. The van der Waals surface area contributed by atoms with Crippen molar-refractivity contribution in [3.63, 3.8) is 0 Å². The number of nitrogens with one attached hydrogen (secondary N) is 1. The molecule has 0 aromatic heterocycles. The molecule has 0 aromatic carbocycles. The fourth-order valence-corrected chi connectivity index (χ4v) is 3.30. The highest BCUT2D eigenvalue weighted by Gasteiger charge is 2.34. The second-order valence-electron chi connectivity index (χ2n) is 8.15. The number of terminal acetylenes is 1. The Kier molecular flexibility index (Phi) is 5.93. The smallest absolute Gasteiger partial charge is 0.00966 e. The molecule has 1 saturated carbocycles. The summed E-state index contributed by atoms with van der Waals surface area (Å²) in [6, 6.07) is 0. The number of hydrogen-bond acceptors (Lipinski definition) is 1. The molecule has 0 bridgehead atoms. The van der Waals surface area contributed by atoms with Crippen LogP contribution in [0.1, 0.15) is 73.1 Å². The van der Waals surface area contributed by atoms with Gasteiger partial charge in [-0.3, -0.25) is 0 Å². The lowest BCUT2D eigenvalue weighted by atomic mass is 9.65. The summed E-state index contributed by atoms with van der Waals surface area (Å²) in [5.41, 5.74) is 0.759. The molecule has 0 heterocycles. The van der Waals surface area contributed by atoms with E-state index in [1.165, 1.54) is 38.6 Å². The van der Waals surface area contributed by atoms with Crippen molar-refractivity contribution in [1.29, 1.82) is 0 Å². The van der Waals surface area contributed by atoms with Crippen molar-refractivity contribution in [1.82, 2.24) is 5.32 Å². The minimum Gasteiger partial charge on any atom is -0.312 e. The van der Waals surface area contributed by atoms with Crippen LogP contribution in [0, 0.1) is 29.6 Å². The first-order chi connectivity index (χ1) is 8.73. The Labute approximate surface area is 120 Å². The van der Waals surface area contributed by atoms with Crippen molar-refractivity contribution in [2.45, 2.75) is 78.7 Å². The van der Waals surface area contributed by atoms with Gasteiger partial charge in [-0.2, -0.15) is 0 Å². The molecule has 1 nitrogen and oxygen atoms in total. The Morgan fingerprint density at radius 1 is 1.26 bits per heavy atom. The Balaban J connectivity index is 2.53. The van der Waals surface area contributed by atoms with E-state index in [1.54, 1.807) is 0 Å². The van der Waals surface area contributed by atoms with Crippen molar-refractivity contribution in [3.05, 3.63) is 0 Å². The zero-order chi connectivity index (χ0) is 14.5. The van der Waals surface area contributed by atoms with Gasteiger partial charge in [0.25, 0.3) is 0 Å². The summed E-state index contributed by atoms with van der Waals surface area (Å²) in [5.74, 6) is 4.48. The SMILES string of the molecule is C#CCCCC1CC(C)(C)CCC1CNC(C)(C)C. The van der Waals surface area contributed by atoms with Crippen LogP contribution in [-0.2, 0) is 0 Å². The Morgan fingerprint density at radius 3 is 2.53 bits per heavy atom. The van der Waals surface area contributed by atoms with Crippen molar-refractivity contribution in [3.8, 4) is 12.3 Å². The molecule has 2 unspecified atom stereocenters. The van der Waals surface area contributed by atoms with Gasteiger partial charge in [-0.15, -0.1) is 12.3 Å². The predicted octanol–water partition coefficient (Wildman–Crippen LogP) is 4.62. The Morgan fingerprint density at radius 2 is 1.95 bits per heavy atom. The molecule has 110 valence electrons. The molecule has 1 rings (SSSR count). The molecule has 0 amide bonds. The van der Waals surface area contributed by atoms with Crippen LogP contribution >= 0.6 is 0 Å². The minimum atomic E-state index is 0.232. The zero-order valence-corrected chi connectivity index (χ0v) is 13.7. The van der Waals surface area contributed by atoms with Crippen molar-refractivity contribution < 1.29 is 0 Å². The first kappa shape index (κ1) is 16.6. The van der Waals surface area contributed by atoms with E-state index >= 15 is 0 Å². The van der Waals surface area contributed by atoms with Crippen LogP contribution in [0.3, 0.4) is 0 Å². The lowest BCUT2D eigenvalue weighted by Crippen LogP contribution is -2.43. The quantitative estimate of drug-likeness (QED) is 0.564. The van der Waals surface area contributed by atoms with Crippen molar-refractivity contribution in [2.75, 3.05) is 6.54 Å². The van der Waals surface area contributed by atoms with Gasteiger partial charge in [0.15, 0.2) is 0 Å². The van der Waals surface area contributed by atoms with Crippen LogP contribution in [0.5, 0.6) is 0 Å². The third kappa shape index (κ3) is 6.48. The third-order valence-corrected chi connectivity index (χ3v) is 4.46. The van der Waals surface area contributed by atoms with Crippen LogP contribution in [0.4, 0.5) is 0 Å². The third-order valence-electron chi connectivity index (χ3n) is 4.46. The van der Waals surface area contributed by atoms with E-state index in [0.717, 1.165) is 18.3 Å². The molecule has 0 saturated heterocycles. The average Bonchev–Trinajstić information content (AvgIpc) is 2.26. The van der Waals surface area contributed by atoms with Crippen LogP contribution in [-0.4, -0.2) is 12.1 Å². The monoisotopic (exact) mass is 263 g/mol. The van der Waals surface area contributed by atoms with Gasteiger partial charge in [-0.05, 0) is 76.7 Å². The van der Waals surface area contributed by atoms with E-state index in [-0.39, 0.29) is 5.54 Å². The van der Waals surface area contributed by atoms with Gasteiger partial charge in [-0.25, -0.2) is 0 Å². The molecule has 2 atom stereocenters. The van der Waals surface area contributed by atoms with Gasteiger partial charge >= 0.3 is 0 Å². The molecule has 1 aliphatic carbocycles. The number of hydrogen-bond donors (Lipinski definition) is 1. The highest BCUT2D eigenvalue weighted by atomic mass is 14.9. The van der Waals surface area contributed by atoms with Gasteiger partial charge in [0, 0.05) is 12.0 Å². The van der Waals surface area contributed by atoms with Crippen LogP contribution in [0.15, 0.2) is 0 Å². The van der Waals surface area contributed by atoms with Crippen LogP contribution in [0.2, 0.25) is 0 Å². The second-order valence-corrected chi connectivity index (χ2v) is 8.15. The molecule has 1 fully saturated rings. The maximum absolute atomic E-state index is 5.39. The zero-order valence-electron chi connectivity index (χ0n) is 13.7. The first-order valence-electron chi connectivity index (χ1n) is 7.92. The lowest BCUT2D eigenvalue weighted by Gasteiger charge is -2.42. The average molecular weight is 263 g/mol. The maximum atomic E-state index is 5.39. The van der Waals surface area contributed by atoms with Crippen molar-refractivity contribution in [2.24, 2.45) is 17.3 Å². The molecule has 0 aliphatic heterocycles. The van der Waals surface area contributed by atoms with Gasteiger partial charge in [0.05, 0.1) is 0 Å².